The Kier molecular flexibility index (Phi) is 4.18. The standard InChI is InChI=1S/C13H19ClO/c1-10(2)13(3,9-15)8-11-5-4-6-12(14)7-11/h4-7,10,15H,8-9H2,1-3H3. The Balaban J connectivity index is 2.84. The molecule has 0 aromatic heterocycles. The molecular weight excluding hydrogens is 208 g/mol. The lowest BCUT2D eigenvalue weighted by molar-refractivity contribution is 0.0947. The fraction of sp³-hybridized carbons (Fsp3) is 0.538. The molecule has 1 unspecified atom stereocenters. The highest BCUT2D eigenvalue weighted by atomic mass is 35.5. The van der Waals surface area contributed by atoms with Crippen LogP contribution >= 0.6 is 11.6 Å². The van der Waals surface area contributed by atoms with Crippen molar-refractivity contribution in [1.82, 2.24) is 0 Å². The second kappa shape index (κ2) is 5.00. The molecule has 1 aromatic rings. The lowest BCUT2D eigenvalue weighted by atomic mass is 9.75. The van der Waals surface area contributed by atoms with Crippen molar-refractivity contribution in [3.63, 3.8) is 0 Å². The van der Waals surface area contributed by atoms with Crippen molar-refractivity contribution in [3.05, 3.63) is 34.9 Å². The minimum Gasteiger partial charge on any atom is -0.396 e. The molecule has 1 N–H and O–H groups in total. The van der Waals surface area contributed by atoms with Crippen LogP contribution in [0.5, 0.6) is 0 Å². The van der Waals surface area contributed by atoms with Gasteiger partial charge in [0, 0.05) is 11.6 Å². The minimum atomic E-state index is -0.0648. The first-order chi connectivity index (χ1) is 6.98. The molecule has 84 valence electrons. The van der Waals surface area contributed by atoms with Crippen LogP contribution in [0.3, 0.4) is 0 Å². The van der Waals surface area contributed by atoms with Gasteiger partial charge in [0.2, 0.25) is 0 Å². The smallest absolute Gasteiger partial charge is 0.0490 e. The maximum absolute atomic E-state index is 9.45. The van der Waals surface area contributed by atoms with Crippen LogP contribution in [0.2, 0.25) is 5.02 Å². The summed E-state index contributed by atoms with van der Waals surface area (Å²) >= 11 is 5.93. The molecule has 1 nitrogen and oxygen atoms in total. The molecule has 0 aliphatic carbocycles. The third kappa shape index (κ3) is 3.22. The van der Waals surface area contributed by atoms with E-state index in [4.69, 9.17) is 11.6 Å². The Morgan fingerprint density at radius 3 is 2.53 bits per heavy atom. The SMILES string of the molecule is CC(C)C(C)(CO)Cc1cccc(Cl)c1. The molecule has 0 bridgehead atoms. The lowest BCUT2D eigenvalue weighted by Gasteiger charge is -2.31. The molecule has 0 aliphatic heterocycles. The third-order valence-electron chi connectivity index (χ3n) is 3.25. The Hall–Kier alpha value is -0.530. The number of hydrogen-bond acceptors (Lipinski definition) is 1. The Bertz CT molecular complexity index is 322. The zero-order chi connectivity index (χ0) is 11.5. The monoisotopic (exact) mass is 226 g/mol. The van der Waals surface area contributed by atoms with E-state index in [1.807, 2.05) is 18.2 Å². The zero-order valence-electron chi connectivity index (χ0n) is 9.63. The van der Waals surface area contributed by atoms with Gasteiger partial charge < -0.3 is 5.11 Å². The molecule has 0 fully saturated rings. The molecule has 0 saturated heterocycles. The number of aliphatic hydroxyl groups is 1. The second-order valence-corrected chi connectivity index (χ2v) is 5.21. The van der Waals surface area contributed by atoms with Crippen LogP contribution in [0.1, 0.15) is 26.3 Å². The molecule has 15 heavy (non-hydrogen) atoms. The minimum absolute atomic E-state index is 0.0648. The van der Waals surface area contributed by atoms with Crippen LogP contribution in [-0.4, -0.2) is 11.7 Å². The molecule has 0 spiro atoms. The van der Waals surface area contributed by atoms with Gasteiger partial charge in [-0.25, -0.2) is 0 Å². The summed E-state index contributed by atoms with van der Waals surface area (Å²) in [4.78, 5) is 0. The molecule has 1 aromatic carbocycles. The van der Waals surface area contributed by atoms with E-state index in [0.717, 1.165) is 11.4 Å². The predicted octanol–water partition coefficient (Wildman–Crippen LogP) is 3.54. The zero-order valence-corrected chi connectivity index (χ0v) is 10.4. The van der Waals surface area contributed by atoms with Crippen molar-refractivity contribution in [1.29, 1.82) is 0 Å². The fourth-order valence-corrected chi connectivity index (χ4v) is 1.77. The number of halogens is 1. The predicted molar refractivity (Wildman–Crippen MR) is 65.2 cm³/mol. The molecular formula is C13H19ClO. The molecule has 1 rings (SSSR count). The Morgan fingerprint density at radius 2 is 2.07 bits per heavy atom. The van der Waals surface area contributed by atoms with Crippen molar-refractivity contribution in [2.24, 2.45) is 11.3 Å². The molecule has 0 saturated carbocycles. The average molecular weight is 227 g/mol. The molecule has 2 heteroatoms. The van der Waals surface area contributed by atoms with E-state index < -0.39 is 0 Å². The maximum atomic E-state index is 9.45. The normalized spacial score (nSPS) is 15.3. The maximum Gasteiger partial charge on any atom is 0.0490 e. The number of hydrogen-bond donors (Lipinski definition) is 1. The van der Waals surface area contributed by atoms with E-state index in [1.54, 1.807) is 0 Å². The molecule has 0 heterocycles. The van der Waals surface area contributed by atoms with E-state index in [2.05, 4.69) is 26.8 Å². The molecule has 1 atom stereocenters. The van der Waals surface area contributed by atoms with E-state index in [0.29, 0.717) is 5.92 Å². The highest BCUT2D eigenvalue weighted by molar-refractivity contribution is 6.30. The van der Waals surface area contributed by atoms with Gasteiger partial charge in [-0.05, 0) is 35.4 Å². The summed E-state index contributed by atoms with van der Waals surface area (Å²) in [5.74, 6) is 0.446. The molecule has 0 aliphatic rings. The van der Waals surface area contributed by atoms with Gasteiger partial charge in [0.15, 0.2) is 0 Å². The van der Waals surface area contributed by atoms with Gasteiger partial charge in [0.25, 0.3) is 0 Å². The van der Waals surface area contributed by atoms with Crippen molar-refractivity contribution in [2.45, 2.75) is 27.2 Å². The first kappa shape index (κ1) is 12.5. The Morgan fingerprint density at radius 1 is 1.40 bits per heavy atom. The topological polar surface area (TPSA) is 20.2 Å². The van der Waals surface area contributed by atoms with Crippen LogP contribution in [0.25, 0.3) is 0 Å². The van der Waals surface area contributed by atoms with Gasteiger partial charge in [-0.2, -0.15) is 0 Å². The Labute approximate surface area is 97.1 Å². The molecule has 0 amide bonds. The van der Waals surface area contributed by atoms with Crippen molar-refractivity contribution >= 4 is 11.6 Å². The van der Waals surface area contributed by atoms with Gasteiger partial charge in [0.1, 0.15) is 0 Å². The van der Waals surface area contributed by atoms with Crippen LogP contribution in [0, 0.1) is 11.3 Å². The number of benzene rings is 1. The third-order valence-corrected chi connectivity index (χ3v) is 3.49. The number of rotatable bonds is 4. The van der Waals surface area contributed by atoms with Gasteiger partial charge >= 0.3 is 0 Å². The lowest BCUT2D eigenvalue weighted by Crippen LogP contribution is -2.30. The van der Waals surface area contributed by atoms with Crippen LogP contribution in [0.15, 0.2) is 24.3 Å². The number of aliphatic hydroxyl groups excluding tert-OH is 1. The van der Waals surface area contributed by atoms with Crippen molar-refractivity contribution in [2.75, 3.05) is 6.61 Å². The summed E-state index contributed by atoms with van der Waals surface area (Å²) in [5.41, 5.74) is 1.12. The van der Waals surface area contributed by atoms with Crippen molar-refractivity contribution in [3.8, 4) is 0 Å². The highest BCUT2D eigenvalue weighted by Gasteiger charge is 2.27. The largest absolute Gasteiger partial charge is 0.396 e. The summed E-state index contributed by atoms with van der Waals surface area (Å²) in [6, 6.07) is 7.85. The summed E-state index contributed by atoms with van der Waals surface area (Å²) in [6.07, 6.45) is 0.863. The summed E-state index contributed by atoms with van der Waals surface area (Å²) in [6.45, 7) is 6.59. The van der Waals surface area contributed by atoms with E-state index >= 15 is 0 Å². The van der Waals surface area contributed by atoms with Crippen LogP contribution in [0.4, 0.5) is 0 Å². The average Bonchev–Trinajstić information content (AvgIpc) is 2.17. The van der Waals surface area contributed by atoms with Gasteiger partial charge in [-0.3, -0.25) is 0 Å². The quantitative estimate of drug-likeness (QED) is 0.833. The highest BCUT2D eigenvalue weighted by Crippen LogP contribution is 2.31. The van der Waals surface area contributed by atoms with Gasteiger partial charge in [-0.1, -0.05) is 44.5 Å². The van der Waals surface area contributed by atoms with E-state index in [1.165, 1.54) is 5.56 Å². The van der Waals surface area contributed by atoms with Crippen LogP contribution in [-0.2, 0) is 6.42 Å². The summed E-state index contributed by atoms with van der Waals surface area (Å²) in [5, 5.41) is 10.2. The first-order valence-electron chi connectivity index (χ1n) is 5.33. The van der Waals surface area contributed by atoms with Crippen molar-refractivity contribution < 1.29 is 5.11 Å². The molecule has 0 radical (unpaired) electrons. The second-order valence-electron chi connectivity index (χ2n) is 4.77. The van der Waals surface area contributed by atoms with E-state index in [-0.39, 0.29) is 12.0 Å². The summed E-state index contributed by atoms with van der Waals surface area (Å²) in [7, 11) is 0. The van der Waals surface area contributed by atoms with Gasteiger partial charge in [-0.15, -0.1) is 0 Å². The van der Waals surface area contributed by atoms with Crippen LogP contribution < -0.4 is 0 Å². The fourth-order valence-electron chi connectivity index (χ4n) is 1.56. The summed E-state index contributed by atoms with van der Waals surface area (Å²) < 4.78 is 0. The van der Waals surface area contributed by atoms with Gasteiger partial charge in [0.05, 0.1) is 0 Å². The van der Waals surface area contributed by atoms with E-state index in [9.17, 15) is 5.11 Å². The first-order valence-corrected chi connectivity index (χ1v) is 5.71.